The van der Waals surface area contributed by atoms with Crippen LogP contribution < -0.4 is 5.32 Å². The van der Waals surface area contributed by atoms with Crippen molar-refractivity contribution in [1.29, 1.82) is 0 Å². The Morgan fingerprint density at radius 3 is 2.32 bits per heavy atom. The molecule has 1 aromatic carbocycles. The lowest BCUT2D eigenvalue weighted by Crippen LogP contribution is -2.46. The van der Waals surface area contributed by atoms with Crippen molar-refractivity contribution >= 4 is 23.2 Å². The van der Waals surface area contributed by atoms with Crippen LogP contribution in [0.25, 0.3) is 0 Å². The summed E-state index contributed by atoms with van der Waals surface area (Å²) in [6.45, 7) is 8.69. The van der Waals surface area contributed by atoms with Crippen molar-refractivity contribution in [3.8, 4) is 0 Å². The first kappa shape index (κ1) is 15.1. The summed E-state index contributed by atoms with van der Waals surface area (Å²) in [4.78, 5) is 2.51. The molecule has 1 fully saturated rings. The molecule has 0 aromatic heterocycles. The predicted molar refractivity (Wildman–Crippen MR) is 83.1 cm³/mol. The fourth-order valence-electron chi connectivity index (χ4n) is 2.80. The Bertz CT molecular complexity index is 396. The highest BCUT2D eigenvalue weighted by molar-refractivity contribution is 6.36. The Morgan fingerprint density at radius 1 is 1.21 bits per heavy atom. The first-order valence-electron chi connectivity index (χ1n) is 7.03. The van der Waals surface area contributed by atoms with Gasteiger partial charge in [0.25, 0.3) is 0 Å². The van der Waals surface area contributed by atoms with Crippen LogP contribution in [0.5, 0.6) is 0 Å². The number of halogens is 2. The van der Waals surface area contributed by atoms with Gasteiger partial charge in [0.15, 0.2) is 0 Å². The number of benzene rings is 1. The molecule has 0 spiro atoms. The van der Waals surface area contributed by atoms with E-state index in [0.717, 1.165) is 48.2 Å². The summed E-state index contributed by atoms with van der Waals surface area (Å²) < 4.78 is 0. The molecule has 0 saturated carbocycles. The number of hydrogen-bond acceptors (Lipinski definition) is 2. The fraction of sp³-hybridized carbons (Fsp3) is 0.600. The fourth-order valence-corrected chi connectivity index (χ4v) is 3.42. The summed E-state index contributed by atoms with van der Waals surface area (Å²) in [5.41, 5.74) is 1.10. The molecule has 0 radical (unpaired) electrons. The Morgan fingerprint density at radius 2 is 1.79 bits per heavy atom. The Balaban J connectivity index is 2.36. The number of rotatable bonds is 4. The summed E-state index contributed by atoms with van der Waals surface area (Å²) in [7, 11) is 0. The van der Waals surface area contributed by atoms with E-state index in [2.05, 4.69) is 24.1 Å². The molecule has 1 aliphatic rings. The van der Waals surface area contributed by atoms with E-state index >= 15 is 0 Å². The molecule has 2 rings (SSSR count). The SMILES string of the molecule is CCC(C)[C@@H](c1c(Cl)cccc1Cl)N1CCNCC1. The van der Waals surface area contributed by atoms with Crippen LogP contribution in [0.15, 0.2) is 18.2 Å². The zero-order valence-corrected chi connectivity index (χ0v) is 13.1. The van der Waals surface area contributed by atoms with Gasteiger partial charge in [-0.05, 0) is 18.1 Å². The highest BCUT2D eigenvalue weighted by atomic mass is 35.5. The summed E-state index contributed by atoms with van der Waals surface area (Å²) in [6.07, 6.45) is 1.12. The first-order valence-corrected chi connectivity index (χ1v) is 7.79. The van der Waals surface area contributed by atoms with Gasteiger partial charge in [-0.3, -0.25) is 4.90 Å². The lowest BCUT2D eigenvalue weighted by molar-refractivity contribution is 0.128. The number of hydrogen-bond donors (Lipinski definition) is 1. The van der Waals surface area contributed by atoms with E-state index in [0.29, 0.717) is 12.0 Å². The van der Waals surface area contributed by atoms with Crippen molar-refractivity contribution in [2.24, 2.45) is 5.92 Å². The van der Waals surface area contributed by atoms with Gasteiger partial charge in [0.2, 0.25) is 0 Å². The third-order valence-corrected chi connectivity index (χ3v) is 4.68. The molecule has 1 N–H and O–H groups in total. The number of nitrogens with zero attached hydrogens (tertiary/aromatic N) is 1. The highest BCUT2D eigenvalue weighted by Gasteiger charge is 2.29. The third-order valence-electron chi connectivity index (χ3n) is 4.02. The molecule has 2 nitrogen and oxygen atoms in total. The second-order valence-corrected chi connectivity index (χ2v) is 6.07. The lowest BCUT2D eigenvalue weighted by Gasteiger charge is -2.39. The average molecular weight is 301 g/mol. The van der Waals surface area contributed by atoms with E-state index < -0.39 is 0 Å². The van der Waals surface area contributed by atoms with Crippen LogP contribution in [-0.2, 0) is 0 Å². The van der Waals surface area contributed by atoms with E-state index in [1.165, 1.54) is 0 Å². The van der Waals surface area contributed by atoms with Crippen LogP contribution >= 0.6 is 23.2 Å². The summed E-state index contributed by atoms with van der Waals surface area (Å²) in [5, 5.41) is 4.98. The van der Waals surface area contributed by atoms with Gasteiger partial charge in [0.1, 0.15) is 0 Å². The predicted octanol–water partition coefficient (Wildman–Crippen LogP) is 3.99. The Kier molecular flexibility index (Phi) is 5.52. The van der Waals surface area contributed by atoms with Crippen molar-refractivity contribution < 1.29 is 0 Å². The van der Waals surface area contributed by atoms with Crippen molar-refractivity contribution in [1.82, 2.24) is 10.2 Å². The Hall–Kier alpha value is -0.280. The van der Waals surface area contributed by atoms with Crippen LogP contribution in [0.2, 0.25) is 10.0 Å². The molecule has 1 aliphatic heterocycles. The van der Waals surface area contributed by atoms with E-state index in [4.69, 9.17) is 23.2 Å². The van der Waals surface area contributed by atoms with Crippen molar-refractivity contribution in [3.05, 3.63) is 33.8 Å². The lowest BCUT2D eigenvalue weighted by atomic mass is 9.90. The van der Waals surface area contributed by atoms with E-state index in [-0.39, 0.29) is 0 Å². The molecule has 1 unspecified atom stereocenters. The monoisotopic (exact) mass is 300 g/mol. The van der Waals surface area contributed by atoms with Crippen LogP contribution in [0.1, 0.15) is 31.9 Å². The molecular weight excluding hydrogens is 279 g/mol. The van der Waals surface area contributed by atoms with Crippen LogP contribution in [-0.4, -0.2) is 31.1 Å². The molecule has 4 heteroatoms. The molecule has 0 bridgehead atoms. The van der Waals surface area contributed by atoms with Crippen LogP contribution in [0.4, 0.5) is 0 Å². The quantitative estimate of drug-likeness (QED) is 0.904. The molecule has 19 heavy (non-hydrogen) atoms. The van der Waals surface area contributed by atoms with Gasteiger partial charge in [-0.1, -0.05) is 49.5 Å². The van der Waals surface area contributed by atoms with Gasteiger partial charge in [-0.25, -0.2) is 0 Å². The van der Waals surface area contributed by atoms with Crippen molar-refractivity contribution in [2.45, 2.75) is 26.3 Å². The summed E-state index contributed by atoms with van der Waals surface area (Å²) in [6, 6.07) is 6.12. The van der Waals surface area contributed by atoms with Crippen LogP contribution in [0, 0.1) is 5.92 Å². The molecule has 1 saturated heterocycles. The van der Waals surface area contributed by atoms with Gasteiger partial charge in [0.05, 0.1) is 0 Å². The van der Waals surface area contributed by atoms with Crippen molar-refractivity contribution in [3.63, 3.8) is 0 Å². The zero-order valence-electron chi connectivity index (χ0n) is 11.6. The highest BCUT2D eigenvalue weighted by Crippen LogP contribution is 2.39. The largest absolute Gasteiger partial charge is 0.314 e. The van der Waals surface area contributed by atoms with E-state index in [9.17, 15) is 0 Å². The second-order valence-electron chi connectivity index (χ2n) is 5.25. The van der Waals surface area contributed by atoms with Gasteiger partial charge >= 0.3 is 0 Å². The summed E-state index contributed by atoms with van der Waals surface area (Å²) in [5.74, 6) is 0.537. The standard InChI is InChI=1S/C15H22Cl2N2/c1-3-11(2)15(19-9-7-18-8-10-19)14-12(16)5-4-6-13(14)17/h4-6,11,15,18H,3,7-10H2,1-2H3/t11?,15-/m0/s1. The van der Waals surface area contributed by atoms with Gasteiger partial charge in [0, 0.05) is 47.8 Å². The normalized spacial score (nSPS) is 20.2. The zero-order chi connectivity index (χ0) is 13.8. The minimum Gasteiger partial charge on any atom is -0.314 e. The maximum absolute atomic E-state index is 6.42. The molecule has 0 aliphatic carbocycles. The van der Waals surface area contributed by atoms with E-state index in [1.807, 2.05) is 18.2 Å². The van der Waals surface area contributed by atoms with Gasteiger partial charge in [-0.15, -0.1) is 0 Å². The molecule has 106 valence electrons. The maximum Gasteiger partial charge on any atom is 0.0468 e. The second kappa shape index (κ2) is 6.94. The summed E-state index contributed by atoms with van der Waals surface area (Å²) >= 11 is 12.8. The Labute approximate surface area is 126 Å². The minimum absolute atomic E-state index is 0.313. The topological polar surface area (TPSA) is 15.3 Å². The van der Waals surface area contributed by atoms with Crippen molar-refractivity contribution in [2.75, 3.05) is 26.2 Å². The third kappa shape index (κ3) is 3.43. The smallest absolute Gasteiger partial charge is 0.0468 e. The average Bonchev–Trinajstić information content (AvgIpc) is 2.43. The van der Waals surface area contributed by atoms with Gasteiger partial charge < -0.3 is 5.32 Å². The molecule has 1 heterocycles. The van der Waals surface area contributed by atoms with Crippen LogP contribution in [0.3, 0.4) is 0 Å². The molecule has 2 atom stereocenters. The molecule has 0 amide bonds. The minimum atomic E-state index is 0.313. The maximum atomic E-state index is 6.42. The first-order chi connectivity index (χ1) is 9.15. The number of piperazine rings is 1. The molecule has 1 aromatic rings. The molecular formula is C15H22Cl2N2. The van der Waals surface area contributed by atoms with Gasteiger partial charge in [-0.2, -0.15) is 0 Å². The van der Waals surface area contributed by atoms with E-state index in [1.54, 1.807) is 0 Å². The number of nitrogens with one attached hydrogen (secondary N) is 1.